The van der Waals surface area contributed by atoms with Crippen molar-refractivity contribution in [2.75, 3.05) is 59.2 Å². The van der Waals surface area contributed by atoms with Gasteiger partial charge in [-0.15, -0.1) is 24.0 Å². The van der Waals surface area contributed by atoms with Gasteiger partial charge in [-0.25, -0.2) is 12.7 Å². The SMILES string of the molecule is CCNC(=NCC1(N(C)C)CCOCC1)NC1CCN(S(=O)(=O)CC)CC1.I. The second-order valence-electron chi connectivity index (χ2n) is 7.64. The van der Waals surface area contributed by atoms with E-state index in [1.807, 2.05) is 0 Å². The molecule has 0 aromatic carbocycles. The Labute approximate surface area is 187 Å². The van der Waals surface area contributed by atoms with Gasteiger partial charge in [-0.05, 0) is 53.6 Å². The quantitative estimate of drug-likeness (QED) is 0.291. The van der Waals surface area contributed by atoms with Crippen molar-refractivity contribution in [2.24, 2.45) is 4.99 Å². The molecule has 0 amide bonds. The molecule has 28 heavy (non-hydrogen) atoms. The average Bonchev–Trinajstić information content (AvgIpc) is 2.67. The molecule has 10 heteroatoms. The van der Waals surface area contributed by atoms with Crippen LogP contribution in [0.5, 0.6) is 0 Å². The lowest BCUT2D eigenvalue weighted by Gasteiger charge is -2.42. The van der Waals surface area contributed by atoms with Gasteiger partial charge in [-0.2, -0.15) is 0 Å². The van der Waals surface area contributed by atoms with E-state index >= 15 is 0 Å². The topological polar surface area (TPSA) is 86.3 Å². The molecule has 166 valence electrons. The van der Waals surface area contributed by atoms with Crippen LogP contribution < -0.4 is 10.6 Å². The van der Waals surface area contributed by atoms with Gasteiger partial charge in [0.1, 0.15) is 0 Å². The summed E-state index contributed by atoms with van der Waals surface area (Å²) in [4.78, 5) is 7.15. The summed E-state index contributed by atoms with van der Waals surface area (Å²) in [6.45, 7) is 7.99. The maximum absolute atomic E-state index is 12.0. The molecule has 2 aliphatic heterocycles. The minimum absolute atomic E-state index is 0. The Morgan fingerprint density at radius 2 is 1.82 bits per heavy atom. The molecular formula is C18H38IN5O3S. The fourth-order valence-electron chi connectivity index (χ4n) is 3.70. The smallest absolute Gasteiger partial charge is 0.213 e. The van der Waals surface area contributed by atoms with E-state index in [2.05, 4.69) is 36.6 Å². The van der Waals surface area contributed by atoms with Crippen LogP contribution in [-0.4, -0.2) is 94.4 Å². The number of ether oxygens (including phenoxy) is 1. The van der Waals surface area contributed by atoms with E-state index in [4.69, 9.17) is 9.73 Å². The van der Waals surface area contributed by atoms with Gasteiger partial charge in [0.05, 0.1) is 12.3 Å². The standard InChI is InChI=1S/C18H37N5O3S.HI/c1-5-19-17(20-15-18(22(3)4)9-13-26-14-10-18)21-16-7-11-23(12-8-16)27(24,25)6-2;/h16H,5-15H2,1-4H3,(H2,19,20,21);1H. The fraction of sp³-hybridized carbons (Fsp3) is 0.944. The van der Waals surface area contributed by atoms with E-state index < -0.39 is 10.0 Å². The van der Waals surface area contributed by atoms with E-state index in [0.29, 0.717) is 13.1 Å². The lowest BCUT2D eigenvalue weighted by atomic mass is 9.89. The van der Waals surface area contributed by atoms with E-state index in [-0.39, 0.29) is 41.3 Å². The van der Waals surface area contributed by atoms with Gasteiger partial charge >= 0.3 is 0 Å². The number of rotatable bonds is 7. The van der Waals surface area contributed by atoms with Crippen molar-refractivity contribution in [3.8, 4) is 0 Å². The van der Waals surface area contributed by atoms with E-state index in [1.165, 1.54) is 0 Å². The van der Waals surface area contributed by atoms with Gasteiger partial charge in [0.15, 0.2) is 5.96 Å². The Morgan fingerprint density at radius 1 is 1.21 bits per heavy atom. The highest BCUT2D eigenvalue weighted by Gasteiger charge is 2.35. The Hall–Kier alpha value is -0.170. The average molecular weight is 532 g/mol. The molecule has 2 saturated heterocycles. The van der Waals surface area contributed by atoms with Crippen LogP contribution in [-0.2, 0) is 14.8 Å². The van der Waals surface area contributed by atoms with Crippen molar-refractivity contribution >= 4 is 40.0 Å². The van der Waals surface area contributed by atoms with Gasteiger partial charge in [0.2, 0.25) is 10.0 Å². The third-order valence-corrected chi connectivity index (χ3v) is 7.68. The number of hydrogen-bond acceptors (Lipinski definition) is 5. The zero-order chi connectivity index (χ0) is 19.9. The number of aliphatic imine (C=N–C) groups is 1. The molecule has 0 radical (unpaired) electrons. The first-order valence-corrected chi connectivity index (χ1v) is 11.7. The second-order valence-corrected chi connectivity index (χ2v) is 9.90. The number of likely N-dealkylation sites (N-methyl/N-ethyl adjacent to an activating group) is 1. The van der Waals surface area contributed by atoms with E-state index in [1.54, 1.807) is 11.2 Å². The number of piperidine rings is 1. The van der Waals surface area contributed by atoms with Crippen molar-refractivity contribution in [2.45, 2.75) is 51.1 Å². The van der Waals surface area contributed by atoms with Crippen LogP contribution in [0.25, 0.3) is 0 Å². The van der Waals surface area contributed by atoms with Gasteiger partial charge in [0.25, 0.3) is 0 Å². The molecule has 0 atom stereocenters. The highest BCUT2D eigenvalue weighted by atomic mass is 127. The van der Waals surface area contributed by atoms with Gasteiger partial charge in [0, 0.05) is 44.4 Å². The predicted octanol–water partition coefficient (Wildman–Crippen LogP) is 1.08. The number of halogens is 1. The normalized spacial score (nSPS) is 22.0. The highest BCUT2D eigenvalue weighted by Crippen LogP contribution is 2.26. The molecule has 0 aromatic rings. The number of hydrogen-bond donors (Lipinski definition) is 2. The van der Waals surface area contributed by atoms with Crippen molar-refractivity contribution in [3.05, 3.63) is 0 Å². The first kappa shape index (κ1) is 25.9. The zero-order valence-electron chi connectivity index (χ0n) is 17.7. The maximum atomic E-state index is 12.0. The van der Waals surface area contributed by atoms with Crippen LogP contribution >= 0.6 is 24.0 Å². The number of sulfonamides is 1. The molecule has 0 unspecified atom stereocenters. The van der Waals surface area contributed by atoms with Crippen LogP contribution in [0.1, 0.15) is 39.5 Å². The lowest BCUT2D eigenvalue weighted by molar-refractivity contribution is -0.00256. The molecule has 0 spiro atoms. The van der Waals surface area contributed by atoms with Crippen LogP contribution in [0.2, 0.25) is 0 Å². The summed E-state index contributed by atoms with van der Waals surface area (Å²) in [7, 11) is 1.15. The van der Waals surface area contributed by atoms with Crippen LogP contribution in [0.4, 0.5) is 0 Å². The fourth-order valence-corrected chi connectivity index (χ4v) is 4.83. The third-order valence-electron chi connectivity index (χ3n) is 5.80. The Kier molecular flexibility index (Phi) is 11.0. The van der Waals surface area contributed by atoms with Crippen LogP contribution in [0, 0.1) is 0 Å². The molecule has 2 heterocycles. The summed E-state index contributed by atoms with van der Waals surface area (Å²) in [6.07, 6.45) is 3.57. The van der Waals surface area contributed by atoms with Crippen LogP contribution in [0.15, 0.2) is 4.99 Å². The summed E-state index contributed by atoms with van der Waals surface area (Å²) in [5.74, 6) is 0.993. The van der Waals surface area contributed by atoms with Crippen molar-refractivity contribution < 1.29 is 13.2 Å². The Morgan fingerprint density at radius 3 is 2.32 bits per heavy atom. The summed E-state index contributed by atoms with van der Waals surface area (Å²) in [5, 5.41) is 6.85. The highest BCUT2D eigenvalue weighted by molar-refractivity contribution is 14.0. The first-order chi connectivity index (χ1) is 12.8. The molecule has 0 bridgehead atoms. The molecule has 2 aliphatic rings. The number of guanidine groups is 1. The summed E-state index contributed by atoms with van der Waals surface area (Å²) in [5.41, 5.74) is 0.0408. The Balaban J connectivity index is 0.00000392. The van der Waals surface area contributed by atoms with Crippen LogP contribution in [0.3, 0.4) is 0 Å². The zero-order valence-corrected chi connectivity index (χ0v) is 20.9. The molecule has 2 N–H and O–H groups in total. The molecule has 0 saturated carbocycles. The van der Waals surface area contributed by atoms with Gasteiger partial charge in [-0.3, -0.25) is 4.99 Å². The molecule has 2 fully saturated rings. The Bertz CT molecular complexity index is 586. The lowest BCUT2D eigenvalue weighted by Crippen LogP contribution is -2.53. The molecule has 0 aromatic heterocycles. The van der Waals surface area contributed by atoms with Crippen molar-refractivity contribution in [1.82, 2.24) is 19.8 Å². The third kappa shape index (κ3) is 6.96. The monoisotopic (exact) mass is 531 g/mol. The van der Waals surface area contributed by atoms with Gasteiger partial charge in [-0.1, -0.05) is 0 Å². The molecule has 8 nitrogen and oxygen atoms in total. The molecule has 0 aliphatic carbocycles. The van der Waals surface area contributed by atoms with Gasteiger partial charge < -0.3 is 20.3 Å². The van der Waals surface area contributed by atoms with E-state index in [0.717, 1.165) is 57.9 Å². The predicted molar refractivity (Wildman–Crippen MR) is 125 cm³/mol. The minimum atomic E-state index is -3.08. The second kappa shape index (κ2) is 11.9. The summed E-state index contributed by atoms with van der Waals surface area (Å²) in [6, 6.07) is 0.246. The van der Waals surface area contributed by atoms with E-state index in [9.17, 15) is 8.42 Å². The number of nitrogens with zero attached hydrogens (tertiary/aromatic N) is 3. The minimum Gasteiger partial charge on any atom is -0.381 e. The summed E-state index contributed by atoms with van der Waals surface area (Å²) < 4.78 is 31.2. The van der Waals surface area contributed by atoms with Crippen molar-refractivity contribution in [1.29, 1.82) is 0 Å². The summed E-state index contributed by atoms with van der Waals surface area (Å²) >= 11 is 0. The first-order valence-electron chi connectivity index (χ1n) is 10.1. The molecule has 2 rings (SSSR count). The van der Waals surface area contributed by atoms with Crippen molar-refractivity contribution in [3.63, 3.8) is 0 Å². The molecular weight excluding hydrogens is 493 g/mol. The largest absolute Gasteiger partial charge is 0.381 e. The maximum Gasteiger partial charge on any atom is 0.213 e. The number of nitrogens with one attached hydrogen (secondary N) is 2.